The SMILES string of the molecule is Cc1nc(OC2CCOCC2)ccc1Br. The van der Waals surface area contributed by atoms with Crippen molar-refractivity contribution in [1.82, 2.24) is 4.98 Å². The van der Waals surface area contributed by atoms with Gasteiger partial charge in [-0.1, -0.05) is 0 Å². The van der Waals surface area contributed by atoms with Crippen LogP contribution in [0, 0.1) is 6.92 Å². The molecule has 3 nitrogen and oxygen atoms in total. The van der Waals surface area contributed by atoms with Crippen LogP contribution in [0.1, 0.15) is 18.5 Å². The van der Waals surface area contributed by atoms with Crippen molar-refractivity contribution in [3.8, 4) is 5.88 Å². The molecule has 0 bridgehead atoms. The Hall–Kier alpha value is -0.610. The van der Waals surface area contributed by atoms with Gasteiger partial charge in [-0.15, -0.1) is 0 Å². The summed E-state index contributed by atoms with van der Waals surface area (Å²) in [7, 11) is 0. The molecule has 1 aliphatic rings. The predicted molar refractivity (Wildman–Crippen MR) is 61.1 cm³/mol. The van der Waals surface area contributed by atoms with Crippen LogP contribution in [0.3, 0.4) is 0 Å². The van der Waals surface area contributed by atoms with Crippen molar-refractivity contribution in [3.05, 3.63) is 22.3 Å². The summed E-state index contributed by atoms with van der Waals surface area (Å²) in [6, 6.07) is 3.86. The van der Waals surface area contributed by atoms with Crippen LogP contribution in [0.5, 0.6) is 5.88 Å². The highest BCUT2D eigenvalue weighted by atomic mass is 79.9. The zero-order valence-electron chi connectivity index (χ0n) is 8.70. The van der Waals surface area contributed by atoms with Crippen molar-refractivity contribution >= 4 is 15.9 Å². The average molecular weight is 272 g/mol. The summed E-state index contributed by atoms with van der Waals surface area (Å²) < 4.78 is 12.1. The Kier molecular flexibility index (Phi) is 3.59. The summed E-state index contributed by atoms with van der Waals surface area (Å²) in [6.45, 7) is 3.54. The van der Waals surface area contributed by atoms with E-state index in [2.05, 4.69) is 20.9 Å². The maximum atomic E-state index is 5.78. The fourth-order valence-electron chi connectivity index (χ4n) is 1.55. The molecule has 0 saturated carbocycles. The van der Waals surface area contributed by atoms with Crippen LogP contribution in [0.15, 0.2) is 16.6 Å². The second kappa shape index (κ2) is 4.94. The average Bonchev–Trinajstić information content (AvgIpc) is 2.25. The highest BCUT2D eigenvalue weighted by Gasteiger charge is 2.15. The molecule has 0 aliphatic carbocycles. The first-order valence-corrected chi connectivity index (χ1v) is 5.92. The summed E-state index contributed by atoms with van der Waals surface area (Å²) in [5.74, 6) is 0.711. The molecule has 1 aromatic heterocycles. The van der Waals surface area contributed by atoms with E-state index in [0.29, 0.717) is 5.88 Å². The highest BCUT2D eigenvalue weighted by Crippen LogP contribution is 2.20. The Bertz CT molecular complexity index is 337. The van der Waals surface area contributed by atoms with Gasteiger partial charge >= 0.3 is 0 Å². The van der Waals surface area contributed by atoms with Gasteiger partial charge in [-0.05, 0) is 28.9 Å². The van der Waals surface area contributed by atoms with Crippen LogP contribution in [-0.2, 0) is 4.74 Å². The van der Waals surface area contributed by atoms with E-state index in [1.807, 2.05) is 19.1 Å². The van der Waals surface area contributed by atoms with Crippen LogP contribution in [-0.4, -0.2) is 24.3 Å². The number of aryl methyl sites for hydroxylation is 1. The molecule has 1 saturated heterocycles. The summed E-state index contributed by atoms with van der Waals surface area (Å²) in [5, 5.41) is 0. The summed E-state index contributed by atoms with van der Waals surface area (Å²) >= 11 is 3.42. The lowest BCUT2D eigenvalue weighted by molar-refractivity contribution is 0.0237. The molecule has 82 valence electrons. The molecule has 0 spiro atoms. The largest absolute Gasteiger partial charge is 0.474 e. The molecule has 15 heavy (non-hydrogen) atoms. The fourth-order valence-corrected chi connectivity index (χ4v) is 1.77. The van der Waals surface area contributed by atoms with Crippen molar-refractivity contribution in [2.24, 2.45) is 0 Å². The number of nitrogens with zero attached hydrogens (tertiary/aromatic N) is 1. The van der Waals surface area contributed by atoms with Crippen molar-refractivity contribution < 1.29 is 9.47 Å². The molecule has 0 N–H and O–H groups in total. The molecular formula is C11H14BrNO2. The van der Waals surface area contributed by atoms with Crippen LogP contribution in [0.2, 0.25) is 0 Å². The first kappa shape index (κ1) is 10.9. The topological polar surface area (TPSA) is 31.4 Å². The molecule has 4 heteroatoms. The van der Waals surface area contributed by atoms with Gasteiger partial charge in [-0.2, -0.15) is 0 Å². The lowest BCUT2D eigenvalue weighted by Gasteiger charge is -2.22. The van der Waals surface area contributed by atoms with Crippen molar-refractivity contribution in [2.75, 3.05) is 13.2 Å². The van der Waals surface area contributed by atoms with Crippen LogP contribution in [0.4, 0.5) is 0 Å². The minimum Gasteiger partial charge on any atom is -0.474 e. The van der Waals surface area contributed by atoms with Crippen molar-refractivity contribution in [2.45, 2.75) is 25.9 Å². The second-order valence-electron chi connectivity index (χ2n) is 3.65. The third-order valence-electron chi connectivity index (χ3n) is 2.45. The molecule has 0 atom stereocenters. The normalized spacial score (nSPS) is 17.7. The highest BCUT2D eigenvalue weighted by molar-refractivity contribution is 9.10. The Morgan fingerprint density at radius 1 is 1.40 bits per heavy atom. The summed E-state index contributed by atoms with van der Waals surface area (Å²) in [6.07, 6.45) is 2.17. The van der Waals surface area contributed by atoms with Crippen LogP contribution < -0.4 is 4.74 Å². The van der Waals surface area contributed by atoms with Gasteiger partial charge in [0.05, 0.1) is 18.9 Å². The van der Waals surface area contributed by atoms with Crippen molar-refractivity contribution in [1.29, 1.82) is 0 Å². The third-order valence-corrected chi connectivity index (χ3v) is 3.29. The molecule has 2 rings (SSSR count). The van der Waals surface area contributed by atoms with Gasteiger partial charge in [0.2, 0.25) is 5.88 Å². The van der Waals surface area contributed by atoms with Gasteiger partial charge in [0.15, 0.2) is 0 Å². The Balaban J connectivity index is 2.00. The van der Waals surface area contributed by atoms with E-state index >= 15 is 0 Å². The fraction of sp³-hybridized carbons (Fsp3) is 0.545. The van der Waals surface area contributed by atoms with E-state index in [4.69, 9.17) is 9.47 Å². The van der Waals surface area contributed by atoms with Gasteiger partial charge in [0, 0.05) is 23.4 Å². The predicted octanol–water partition coefficient (Wildman–Crippen LogP) is 2.71. The smallest absolute Gasteiger partial charge is 0.213 e. The van der Waals surface area contributed by atoms with E-state index in [0.717, 1.165) is 36.2 Å². The maximum Gasteiger partial charge on any atom is 0.213 e. The standard InChI is InChI=1S/C11H14BrNO2/c1-8-10(12)2-3-11(13-8)15-9-4-6-14-7-5-9/h2-3,9H,4-7H2,1H3. The maximum absolute atomic E-state index is 5.78. The molecule has 1 aliphatic heterocycles. The van der Waals surface area contributed by atoms with Gasteiger partial charge in [0.1, 0.15) is 6.10 Å². The van der Waals surface area contributed by atoms with Gasteiger partial charge in [-0.25, -0.2) is 4.98 Å². The third kappa shape index (κ3) is 2.92. The summed E-state index contributed by atoms with van der Waals surface area (Å²) in [5.41, 5.74) is 0.958. The zero-order valence-corrected chi connectivity index (χ0v) is 10.3. The second-order valence-corrected chi connectivity index (χ2v) is 4.50. The van der Waals surface area contributed by atoms with E-state index < -0.39 is 0 Å². The number of pyridine rings is 1. The molecule has 1 aromatic rings. The van der Waals surface area contributed by atoms with E-state index in [9.17, 15) is 0 Å². The van der Waals surface area contributed by atoms with E-state index in [-0.39, 0.29) is 6.10 Å². The molecule has 0 amide bonds. The van der Waals surface area contributed by atoms with Gasteiger partial charge in [-0.3, -0.25) is 0 Å². The minimum atomic E-state index is 0.256. The van der Waals surface area contributed by atoms with Crippen LogP contribution >= 0.6 is 15.9 Å². The number of ether oxygens (including phenoxy) is 2. The van der Waals surface area contributed by atoms with Gasteiger partial charge in [0.25, 0.3) is 0 Å². The number of rotatable bonds is 2. The first-order chi connectivity index (χ1) is 7.25. The Morgan fingerprint density at radius 2 is 2.13 bits per heavy atom. The number of halogens is 1. The van der Waals surface area contributed by atoms with Crippen LogP contribution in [0.25, 0.3) is 0 Å². The van der Waals surface area contributed by atoms with E-state index in [1.54, 1.807) is 0 Å². The lowest BCUT2D eigenvalue weighted by Crippen LogP contribution is -2.26. The molecular weight excluding hydrogens is 258 g/mol. The first-order valence-electron chi connectivity index (χ1n) is 5.13. The number of aromatic nitrogens is 1. The molecule has 0 aromatic carbocycles. The molecule has 0 radical (unpaired) electrons. The molecule has 2 heterocycles. The number of hydrogen-bond donors (Lipinski definition) is 0. The molecule has 1 fully saturated rings. The Morgan fingerprint density at radius 3 is 2.80 bits per heavy atom. The number of hydrogen-bond acceptors (Lipinski definition) is 3. The molecule has 0 unspecified atom stereocenters. The van der Waals surface area contributed by atoms with Crippen molar-refractivity contribution in [3.63, 3.8) is 0 Å². The van der Waals surface area contributed by atoms with E-state index in [1.165, 1.54) is 0 Å². The summed E-state index contributed by atoms with van der Waals surface area (Å²) in [4.78, 5) is 4.36. The lowest BCUT2D eigenvalue weighted by atomic mass is 10.1. The quantitative estimate of drug-likeness (QED) is 0.829. The monoisotopic (exact) mass is 271 g/mol. The minimum absolute atomic E-state index is 0.256. The Labute approximate surface area is 97.9 Å². The van der Waals surface area contributed by atoms with Gasteiger partial charge < -0.3 is 9.47 Å². The zero-order chi connectivity index (χ0) is 10.7.